The van der Waals surface area contributed by atoms with Gasteiger partial charge in [0.25, 0.3) is 5.69 Å². The standard InChI is InChI=1S/C11H9NO3/c1-6-5-9-7-3-2-4-8(12(13)14)10(7)11(6)15-9/h2-5,9,11H,1H3. The molecule has 2 aliphatic rings. The Balaban J connectivity index is 2.24. The van der Waals surface area contributed by atoms with E-state index in [1.165, 1.54) is 6.07 Å². The molecule has 0 aromatic heterocycles. The van der Waals surface area contributed by atoms with E-state index in [9.17, 15) is 10.1 Å². The van der Waals surface area contributed by atoms with Gasteiger partial charge >= 0.3 is 0 Å². The molecule has 2 aliphatic heterocycles. The van der Waals surface area contributed by atoms with E-state index in [2.05, 4.69) is 0 Å². The van der Waals surface area contributed by atoms with Gasteiger partial charge < -0.3 is 4.74 Å². The van der Waals surface area contributed by atoms with Crippen molar-refractivity contribution in [3.8, 4) is 0 Å². The number of ether oxygens (including phenoxy) is 1. The van der Waals surface area contributed by atoms with Crippen molar-refractivity contribution in [3.63, 3.8) is 0 Å². The number of hydrogen-bond donors (Lipinski definition) is 0. The van der Waals surface area contributed by atoms with Crippen molar-refractivity contribution in [2.24, 2.45) is 0 Å². The zero-order valence-corrected chi connectivity index (χ0v) is 8.14. The summed E-state index contributed by atoms with van der Waals surface area (Å²) in [4.78, 5) is 10.5. The molecule has 1 aromatic carbocycles. The van der Waals surface area contributed by atoms with E-state index in [4.69, 9.17) is 4.74 Å². The summed E-state index contributed by atoms with van der Waals surface area (Å²) in [5.41, 5.74) is 2.93. The van der Waals surface area contributed by atoms with Gasteiger partial charge in [0.2, 0.25) is 0 Å². The lowest BCUT2D eigenvalue weighted by Gasteiger charge is -2.10. The highest BCUT2D eigenvalue weighted by molar-refractivity contribution is 5.56. The second-order valence-corrected chi connectivity index (χ2v) is 3.88. The molecule has 2 unspecified atom stereocenters. The van der Waals surface area contributed by atoms with Crippen LogP contribution in [0.15, 0.2) is 29.8 Å². The lowest BCUT2D eigenvalue weighted by Crippen LogP contribution is -2.02. The lowest BCUT2D eigenvalue weighted by molar-refractivity contribution is -0.385. The third-order valence-corrected chi connectivity index (χ3v) is 2.99. The average Bonchev–Trinajstić information content (AvgIpc) is 2.74. The third-order valence-electron chi connectivity index (χ3n) is 2.99. The minimum absolute atomic E-state index is 0.0788. The minimum Gasteiger partial charge on any atom is -0.357 e. The Morgan fingerprint density at radius 2 is 2.27 bits per heavy atom. The number of fused-ring (bicyclic) bond motifs is 5. The van der Waals surface area contributed by atoms with Crippen LogP contribution in [0.3, 0.4) is 0 Å². The van der Waals surface area contributed by atoms with E-state index in [1.807, 2.05) is 19.1 Å². The molecule has 2 bridgehead atoms. The van der Waals surface area contributed by atoms with Crippen molar-refractivity contribution < 1.29 is 9.66 Å². The molecule has 76 valence electrons. The van der Waals surface area contributed by atoms with Gasteiger partial charge in [-0.25, -0.2) is 0 Å². The average molecular weight is 203 g/mol. The molecule has 0 saturated carbocycles. The number of nitro groups is 1. The molecule has 0 amide bonds. The first kappa shape index (κ1) is 8.61. The third kappa shape index (κ3) is 0.995. The fraction of sp³-hybridized carbons (Fsp3) is 0.273. The van der Waals surface area contributed by atoms with Crippen LogP contribution in [-0.4, -0.2) is 4.92 Å². The maximum absolute atomic E-state index is 10.9. The quantitative estimate of drug-likeness (QED) is 0.400. The fourth-order valence-electron chi connectivity index (χ4n) is 2.34. The second kappa shape index (κ2) is 2.67. The fourth-order valence-corrected chi connectivity index (χ4v) is 2.34. The Kier molecular flexibility index (Phi) is 1.53. The van der Waals surface area contributed by atoms with Crippen molar-refractivity contribution in [3.05, 3.63) is 51.1 Å². The summed E-state index contributed by atoms with van der Waals surface area (Å²) in [5.74, 6) is 0. The Morgan fingerprint density at radius 3 is 3.00 bits per heavy atom. The highest BCUT2D eigenvalue weighted by atomic mass is 16.6. The van der Waals surface area contributed by atoms with Gasteiger partial charge in [-0.05, 0) is 24.1 Å². The van der Waals surface area contributed by atoms with Gasteiger partial charge in [0.15, 0.2) is 0 Å². The van der Waals surface area contributed by atoms with Crippen molar-refractivity contribution in [2.75, 3.05) is 0 Å². The first-order valence-corrected chi connectivity index (χ1v) is 4.79. The van der Waals surface area contributed by atoms with Crippen LogP contribution in [0.25, 0.3) is 0 Å². The van der Waals surface area contributed by atoms with Crippen molar-refractivity contribution in [1.29, 1.82) is 0 Å². The number of benzene rings is 1. The number of rotatable bonds is 1. The largest absolute Gasteiger partial charge is 0.357 e. The normalized spacial score (nSPS) is 26.3. The highest BCUT2D eigenvalue weighted by Gasteiger charge is 2.41. The molecule has 0 spiro atoms. The zero-order valence-electron chi connectivity index (χ0n) is 8.14. The van der Waals surface area contributed by atoms with Crippen LogP contribution in [0.5, 0.6) is 0 Å². The van der Waals surface area contributed by atoms with Crippen LogP contribution in [-0.2, 0) is 4.74 Å². The Labute approximate surface area is 86.3 Å². The van der Waals surface area contributed by atoms with Gasteiger partial charge in [-0.2, -0.15) is 0 Å². The molecule has 4 nitrogen and oxygen atoms in total. The summed E-state index contributed by atoms with van der Waals surface area (Å²) in [6, 6.07) is 5.15. The maximum Gasteiger partial charge on any atom is 0.275 e. The van der Waals surface area contributed by atoms with Crippen LogP contribution >= 0.6 is 0 Å². The topological polar surface area (TPSA) is 52.4 Å². The zero-order chi connectivity index (χ0) is 10.6. The molecule has 0 radical (unpaired) electrons. The van der Waals surface area contributed by atoms with Gasteiger partial charge in [-0.15, -0.1) is 0 Å². The van der Waals surface area contributed by atoms with Crippen LogP contribution in [0, 0.1) is 10.1 Å². The van der Waals surface area contributed by atoms with Crippen molar-refractivity contribution in [1.82, 2.24) is 0 Å². The summed E-state index contributed by atoms with van der Waals surface area (Å²) >= 11 is 0. The van der Waals surface area contributed by atoms with Crippen LogP contribution in [0.1, 0.15) is 30.3 Å². The van der Waals surface area contributed by atoms with Crippen molar-refractivity contribution >= 4 is 5.69 Å². The minimum atomic E-state index is -0.337. The molecular formula is C11H9NO3. The molecule has 3 rings (SSSR count). The first-order valence-electron chi connectivity index (χ1n) is 4.79. The molecule has 15 heavy (non-hydrogen) atoms. The van der Waals surface area contributed by atoms with E-state index in [1.54, 1.807) is 6.07 Å². The SMILES string of the molecule is CC1=CC2OC1c1c2cccc1[N+](=O)[O-]. The Hall–Kier alpha value is -1.68. The maximum atomic E-state index is 10.9. The highest BCUT2D eigenvalue weighted by Crippen LogP contribution is 2.52. The van der Waals surface area contributed by atoms with E-state index in [0.717, 1.165) is 16.7 Å². The van der Waals surface area contributed by atoms with Crippen LogP contribution in [0.2, 0.25) is 0 Å². The Bertz CT molecular complexity index is 493. The van der Waals surface area contributed by atoms with Crippen LogP contribution in [0.4, 0.5) is 5.69 Å². The molecule has 0 aliphatic carbocycles. The summed E-state index contributed by atoms with van der Waals surface area (Å²) in [7, 11) is 0. The molecule has 0 saturated heterocycles. The van der Waals surface area contributed by atoms with E-state index >= 15 is 0 Å². The van der Waals surface area contributed by atoms with Gasteiger partial charge in [0.1, 0.15) is 12.2 Å². The van der Waals surface area contributed by atoms with Crippen LogP contribution < -0.4 is 0 Å². The predicted molar refractivity (Wildman–Crippen MR) is 53.4 cm³/mol. The molecule has 2 heterocycles. The number of nitrogens with zero attached hydrogens (tertiary/aromatic N) is 1. The Morgan fingerprint density at radius 1 is 1.47 bits per heavy atom. The summed E-state index contributed by atoms with van der Waals surface area (Å²) in [6.45, 7) is 1.95. The predicted octanol–water partition coefficient (Wildman–Crippen LogP) is 2.67. The van der Waals surface area contributed by atoms with E-state index in [0.29, 0.717) is 0 Å². The summed E-state index contributed by atoms with van der Waals surface area (Å²) < 4.78 is 5.65. The molecule has 0 N–H and O–H groups in total. The van der Waals surface area contributed by atoms with Gasteiger partial charge in [0.05, 0.1) is 10.5 Å². The van der Waals surface area contributed by atoms with E-state index < -0.39 is 0 Å². The summed E-state index contributed by atoms with van der Waals surface area (Å²) in [5, 5.41) is 10.9. The molecular weight excluding hydrogens is 194 g/mol. The molecule has 0 fully saturated rings. The van der Waals surface area contributed by atoms with Gasteiger partial charge in [-0.3, -0.25) is 10.1 Å². The van der Waals surface area contributed by atoms with Crippen molar-refractivity contribution in [2.45, 2.75) is 19.1 Å². The molecule has 2 atom stereocenters. The molecule has 4 heteroatoms. The molecule has 1 aromatic rings. The monoisotopic (exact) mass is 203 g/mol. The van der Waals surface area contributed by atoms with Gasteiger partial charge in [-0.1, -0.05) is 12.1 Å². The second-order valence-electron chi connectivity index (χ2n) is 3.88. The first-order chi connectivity index (χ1) is 7.18. The number of hydrogen-bond acceptors (Lipinski definition) is 3. The smallest absolute Gasteiger partial charge is 0.275 e. The number of nitro benzene ring substituents is 1. The lowest BCUT2D eigenvalue weighted by atomic mass is 9.91. The van der Waals surface area contributed by atoms with E-state index in [-0.39, 0.29) is 22.8 Å². The summed E-state index contributed by atoms with van der Waals surface area (Å²) in [6.07, 6.45) is 1.74. The van der Waals surface area contributed by atoms with Gasteiger partial charge in [0, 0.05) is 6.07 Å².